The number of rotatable bonds is 6. The lowest BCUT2D eigenvalue weighted by molar-refractivity contribution is -0.120. The van der Waals surface area contributed by atoms with Gasteiger partial charge in [0.15, 0.2) is 11.5 Å². The van der Waals surface area contributed by atoms with E-state index in [1.807, 2.05) is 12.3 Å². The van der Waals surface area contributed by atoms with E-state index in [2.05, 4.69) is 26.5 Å². The zero-order valence-electron chi connectivity index (χ0n) is 13.5. The smallest absolute Gasteiger partial charge is 0.244 e. The minimum atomic E-state index is -0.282. The molecule has 2 aromatic carbocycles. The van der Waals surface area contributed by atoms with Gasteiger partial charge in [-0.25, -0.2) is 5.43 Å². The number of nitrogens with one attached hydrogen (secondary N) is 1. The van der Waals surface area contributed by atoms with E-state index in [1.165, 1.54) is 13.3 Å². The predicted molar refractivity (Wildman–Crippen MR) is 105 cm³/mol. The normalized spacial score (nSPS) is 10.9. The summed E-state index contributed by atoms with van der Waals surface area (Å²) in [7, 11) is 1.46. The molecule has 2 aromatic rings. The van der Waals surface area contributed by atoms with Crippen molar-refractivity contribution in [2.24, 2.45) is 5.10 Å². The van der Waals surface area contributed by atoms with Crippen molar-refractivity contribution in [3.05, 3.63) is 51.0 Å². The lowest BCUT2D eigenvalue weighted by Crippen LogP contribution is -2.20. The minimum absolute atomic E-state index is 0.0526. The van der Waals surface area contributed by atoms with Crippen LogP contribution in [0.25, 0.3) is 0 Å². The highest BCUT2D eigenvalue weighted by Crippen LogP contribution is 2.32. The quantitative estimate of drug-likeness (QED) is 0.398. The van der Waals surface area contributed by atoms with Crippen LogP contribution in [0, 0.1) is 0 Å². The molecule has 0 aliphatic rings. The number of thioether (sulfide) groups is 1. The maximum atomic E-state index is 12.1. The third-order valence-electron chi connectivity index (χ3n) is 3.28. The standard InChI is InChI=1S/C17H16BrClN2O3S/c1-24-14-8-12(18)5-11(17(14)23)9-20-21-16(22)7-10-6-13(19)3-4-15(10)25-2/h3-6,8-9,23H,7H2,1-2H3,(H,21,22)/b20-9-. The monoisotopic (exact) mass is 442 g/mol. The molecule has 0 radical (unpaired) electrons. The number of carbonyl (C=O) groups is 1. The number of ether oxygens (including phenoxy) is 1. The molecule has 0 fully saturated rings. The van der Waals surface area contributed by atoms with Crippen LogP contribution in [0.5, 0.6) is 11.5 Å². The Morgan fingerprint density at radius 2 is 2.20 bits per heavy atom. The second-order valence-corrected chi connectivity index (χ2v) is 7.17. The molecular formula is C17H16BrClN2O3S. The lowest BCUT2D eigenvalue weighted by Gasteiger charge is -2.08. The first-order valence-corrected chi connectivity index (χ1v) is 9.55. The molecule has 0 saturated heterocycles. The van der Waals surface area contributed by atoms with Crippen molar-refractivity contribution in [1.82, 2.24) is 5.43 Å². The molecule has 8 heteroatoms. The topological polar surface area (TPSA) is 70.9 Å². The number of amides is 1. The highest BCUT2D eigenvalue weighted by Gasteiger charge is 2.10. The first kappa shape index (κ1) is 19.6. The van der Waals surface area contributed by atoms with Gasteiger partial charge in [0.2, 0.25) is 5.91 Å². The second kappa shape index (κ2) is 9.12. The predicted octanol–water partition coefficient (Wildman–Crippen LogP) is 4.23. The summed E-state index contributed by atoms with van der Waals surface area (Å²) in [6, 6.07) is 8.73. The van der Waals surface area contributed by atoms with Gasteiger partial charge < -0.3 is 9.84 Å². The van der Waals surface area contributed by atoms with E-state index in [9.17, 15) is 9.90 Å². The number of nitrogens with zero attached hydrogens (tertiary/aromatic N) is 1. The van der Waals surface area contributed by atoms with E-state index in [-0.39, 0.29) is 18.1 Å². The van der Waals surface area contributed by atoms with Crippen molar-refractivity contribution < 1.29 is 14.6 Å². The highest BCUT2D eigenvalue weighted by molar-refractivity contribution is 9.10. The number of phenols is 1. The Morgan fingerprint density at radius 1 is 1.44 bits per heavy atom. The highest BCUT2D eigenvalue weighted by atomic mass is 79.9. The molecule has 0 unspecified atom stereocenters. The fourth-order valence-corrected chi connectivity index (χ4v) is 3.37. The number of hydrogen-bond donors (Lipinski definition) is 2. The molecule has 132 valence electrons. The van der Waals surface area contributed by atoms with Crippen LogP contribution in [0.4, 0.5) is 0 Å². The average molecular weight is 444 g/mol. The van der Waals surface area contributed by atoms with Crippen LogP contribution in [0.15, 0.2) is 44.8 Å². The molecule has 1 amide bonds. The largest absolute Gasteiger partial charge is 0.504 e. The molecule has 0 bridgehead atoms. The van der Waals surface area contributed by atoms with Gasteiger partial charge in [0.25, 0.3) is 0 Å². The van der Waals surface area contributed by atoms with Crippen LogP contribution < -0.4 is 10.2 Å². The van der Waals surface area contributed by atoms with Crippen LogP contribution >= 0.6 is 39.3 Å². The first-order chi connectivity index (χ1) is 11.9. The zero-order valence-corrected chi connectivity index (χ0v) is 16.7. The Bertz CT molecular complexity index is 815. The van der Waals surface area contributed by atoms with Crippen LogP contribution in [-0.4, -0.2) is 30.6 Å². The lowest BCUT2D eigenvalue weighted by atomic mass is 10.1. The molecule has 5 nitrogen and oxygen atoms in total. The molecule has 25 heavy (non-hydrogen) atoms. The molecule has 0 aliphatic heterocycles. The van der Waals surface area contributed by atoms with E-state index < -0.39 is 0 Å². The van der Waals surface area contributed by atoms with E-state index >= 15 is 0 Å². The minimum Gasteiger partial charge on any atom is -0.504 e. The Hall–Kier alpha value is -1.70. The number of hydrogen-bond acceptors (Lipinski definition) is 5. The molecule has 0 aliphatic carbocycles. The molecule has 0 atom stereocenters. The Balaban J connectivity index is 2.07. The van der Waals surface area contributed by atoms with Gasteiger partial charge in [-0.05, 0) is 42.2 Å². The third kappa shape index (κ3) is 5.39. The van der Waals surface area contributed by atoms with Gasteiger partial charge in [-0.15, -0.1) is 11.8 Å². The number of phenolic OH excluding ortho intramolecular Hbond substituents is 1. The molecule has 0 heterocycles. The van der Waals surface area contributed by atoms with Crippen molar-refractivity contribution in [3.63, 3.8) is 0 Å². The molecule has 2 N–H and O–H groups in total. The fourth-order valence-electron chi connectivity index (χ4n) is 2.12. The van der Waals surface area contributed by atoms with Crippen LogP contribution in [0.2, 0.25) is 5.02 Å². The van der Waals surface area contributed by atoms with Gasteiger partial charge in [-0.1, -0.05) is 27.5 Å². The van der Waals surface area contributed by atoms with Crippen molar-refractivity contribution >= 4 is 51.4 Å². The van der Waals surface area contributed by atoms with Crippen LogP contribution in [0.3, 0.4) is 0 Å². The van der Waals surface area contributed by atoms with Crippen LogP contribution in [-0.2, 0) is 11.2 Å². The Kier molecular flexibility index (Phi) is 7.16. The summed E-state index contributed by atoms with van der Waals surface area (Å²) in [6.07, 6.45) is 3.45. The summed E-state index contributed by atoms with van der Waals surface area (Å²) in [5, 5.41) is 14.5. The fraction of sp³-hybridized carbons (Fsp3) is 0.176. The van der Waals surface area contributed by atoms with Crippen molar-refractivity contribution in [2.75, 3.05) is 13.4 Å². The summed E-state index contributed by atoms with van der Waals surface area (Å²) in [5.74, 6) is -0.0239. The molecule has 0 spiro atoms. The average Bonchev–Trinajstić information content (AvgIpc) is 2.57. The number of halogens is 2. The maximum absolute atomic E-state index is 12.1. The van der Waals surface area contributed by atoms with E-state index in [0.29, 0.717) is 16.3 Å². The SMILES string of the molecule is COc1cc(Br)cc(/C=N\NC(=O)Cc2cc(Cl)ccc2SC)c1O. The van der Waals surface area contributed by atoms with E-state index in [0.717, 1.165) is 14.9 Å². The molecule has 0 saturated carbocycles. The van der Waals surface area contributed by atoms with Gasteiger partial charge in [-0.3, -0.25) is 4.79 Å². The summed E-state index contributed by atoms with van der Waals surface area (Å²) < 4.78 is 5.79. The van der Waals surface area contributed by atoms with E-state index in [1.54, 1.807) is 36.0 Å². The summed E-state index contributed by atoms with van der Waals surface area (Å²) >= 11 is 10.9. The maximum Gasteiger partial charge on any atom is 0.244 e. The number of aromatic hydroxyl groups is 1. The summed E-state index contributed by atoms with van der Waals surface area (Å²) in [4.78, 5) is 13.1. The number of hydrazone groups is 1. The van der Waals surface area contributed by atoms with Gasteiger partial charge in [0, 0.05) is 20.0 Å². The van der Waals surface area contributed by atoms with Crippen molar-refractivity contribution in [1.29, 1.82) is 0 Å². The number of benzene rings is 2. The third-order valence-corrected chi connectivity index (χ3v) is 4.81. The first-order valence-electron chi connectivity index (χ1n) is 7.15. The molecule has 0 aromatic heterocycles. The Labute approximate surface area is 163 Å². The summed E-state index contributed by atoms with van der Waals surface area (Å²) in [5.41, 5.74) is 3.69. The second-order valence-electron chi connectivity index (χ2n) is 4.97. The van der Waals surface area contributed by atoms with Gasteiger partial charge >= 0.3 is 0 Å². The van der Waals surface area contributed by atoms with Gasteiger partial charge in [0.1, 0.15) is 0 Å². The van der Waals surface area contributed by atoms with Gasteiger partial charge in [-0.2, -0.15) is 5.10 Å². The number of carbonyl (C=O) groups excluding carboxylic acids is 1. The van der Waals surface area contributed by atoms with Crippen LogP contribution in [0.1, 0.15) is 11.1 Å². The molecule has 2 rings (SSSR count). The molecular weight excluding hydrogens is 428 g/mol. The van der Waals surface area contributed by atoms with Crippen molar-refractivity contribution in [3.8, 4) is 11.5 Å². The summed E-state index contributed by atoms with van der Waals surface area (Å²) in [6.45, 7) is 0. The van der Waals surface area contributed by atoms with Gasteiger partial charge in [0.05, 0.1) is 19.7 Å². The van der Waals surface area contributed by atoms with E-state index in [4.69, 9.17) is 16.3 Å². The Morgan fingerprint density at radius 3 is 2.88 bits per heavy atom. The van der Waals surface area contributed by atoms with Crippen molar-refractivity contribution in [2.45, 2.75) is 11.3 Å². The zero-order chi connectivity index (χ0) is 18.4. The number of methoxy groups -OCH3 is 1.